The Hall–Kier alpha value is -1.19. The number of carbonyl (C=O) groups excluding carboxylic acids is 1. The molecule has 0 spiro atoms. The molecule has 0 bridgehead atoms. The van der Waals surface area contributed by atoms with E-state index in [9.17, 15) is 4.79 Å². The maximum Gasteiger partial charge on any atom is 0.165 e. The summed E-state index contributed by atoms with van der Waals surface area (Å²) in [6.45, 7) is 6.38. The number of rotatable bonds is 5. The van der Waals surface area contributed by atoms with Crippen LogP contribution in [0.15, 0.2) is 12.1 Å². The molecule has 3 heteroatoms. The van der Waals surface area contributed by atoms with Crippen molar-refractivity contribution >= 4 is 5.78 Å². The van der Waals surface area contributed by atoms with Crippen molar-refractivity contribution in [2.75, 3.05) is 13.7 Å². The van der Waals surface area contributed by atoms with Gasteiger partial charge >= 0.3 is 0 Å². The first-order chi connectivity index (χ1) is 7.95. The highest BCUT2D eigenvalue weighted by atomic mass is 16.5. The van der Waals surface area contributed by atoms with Crippen molar-refractivity contribution in [2.24, 2.45) is 5.73 Å². The van der Waals surface area contributed by atoms with E-state index in [-0.39, 0.29) is 11.8 Å². The molecule has 17 heavy (non-hydrogen) atoms. The van der Waals surface area contributed by atoms with Crippen LogP contribution in [-0.4, -0.2) is 25.5 Å². The molecule has 2 N–H and O–H groups in total. The summed E-state index contributed by atoms with van der Waals surface area (Å²) in [6, 6.07) is 3.83. The Balaban J connectivity index is 2.89. The summed E-state index contributed by atoms with van der Waals surface area (Å²) in [5.41, 5.74) is 9.84. The summed E-state index contributed by atoms with van der Waals surface area (Å²) in [6.07, 6.45) is 0.332. The van der Waals surface area contributed by atoms with Gasteiger partial charge in [-0.15, -0.1) is 0 Å². The lowest BCUT2D eigenvalue weighted by atomic mass is 9.94. The normalized spacial score (nSPS) is 12.5. The molecule has 0 fully saturated rings. The van der Waals surface area contributed by atoms with Crippen molar-refractivity contribution in [1.29, 1.82) is 0 Å². The third-order valence-corrected chi connectivity index (χ3v) is 2.78. The van der Waals surface area contributed by atoms with E-state index in [1.807, 2.05) is 32.9 Å². The largest absolute Gasteiger partial charge is 0.383 e. The van der Waals surface area contributed by atoms with Crippen molar-refractivity contribution in [2.45, 2.75) is 33.2 Å². The fraction of sp³-hybridized carbons (Fsp3) is 0.500. The average Bonchev–Trinajstić information content (AvgIpc) is 2.15. The minimum atomic E-state index is -0.229. The van der Waals surface area contributed by atoms with Gasteiger partial charge in [0.1, 0.15) is 0 Å². The zero-order valence-electron chi connectivity index (χ0n) is 11.0. The van der Waals surface area contributed by atoms with Crippen LogP contribution in [0.2, 0.25) is 0 Å². The Morgan fingerprint density at radius 1 is 1.29 bits per heavy atom. The zero-order chi connectivity index (χ0) is 13.0. The van der Waals surface area contributed by atoms with Gasteiger partial charge in [-0.25, -0.2) is 0 Å². The molecule has 1 unspecified atom stereocenters. The van der Waals surface area contributed by atoms with Gasteiger partial charge in [0.05, 0.1) is 6.61 Å². The molecule has 0 aliphatic carbocycles. The summed E-state index contributed by atoms with van der Waals surface area (Å²) >= 11 is 0. The van der Waals surface area contributed by atoms with Gasteiger partial charge in [-0.2, -0.15) is 0 Å². The molecule has 1 aromatic carbocycles. The van der Waals surface area contributed by atoms with Crippen molar-refractivity contribution < 1.29 is 9.53 Å². The summed E-state index contributed by atoms with van der Waals surface area (Å²) in [5, 5.41) is 0. The summed E-state index contributed by atoms with van der Waals surface area (Å²) in [5.74, 6) is 0.101. The van der Waals surface area contributed by atoms with Crippen LogP contribution in [0.25, 0.3) is 0 Å². The molecule has 0 heterocycles. The van der Waals surface area contributed by atoms with E-state index in [0.717, 1.165) is 16.7 Å². The van der Waals surface area contributed by atoms with E-state index < -0.39 is 0 Å². The van der Waals surface area contributed by atoms with Gasteiger partial charge in [-0.1, -0.05) is 17.7 Å². The highest BCUT2D eigenvalue weighted by molar-refractivity contribution is 5.99. The number of aryl methyl sites for hydroxylation is 3. The van der Waals surface area contributed by atoms with Gasteiger partial charge < -0.3 is 10.5 Å². The van der Waals surface area contributed by atoms with E-state index in [4.69, 9.17) is 10.5 Å². The second-order valence-electron chi connectivity index (χ2n) is 4.62. The van der Waals surface area contributed by atoms with E-state index in [1.54, 1.807) is 7.11 Å². The first-order valence-corrected chi connectivity index (χ1v) is 5.81. The number of nitrogens with two attached hydrogens (primary N) is 1. The molecular formula is C14H21NO2. The van der Waals surface area contributed by atoms with Gasteiger partial charge in [0.25, 0.3) is 0 Å². The lowest BCUT2D eigenvalue weighted by Crippen LogP contribution is -2.29. The van der Waals surface area contributed by atoms with Gasteiger partial charge in [0.15, 0.2) is 5.78 Å². The Morgan fingerprint density at radius 3 is 2.29 bits per heavy atom. The number of Topliss-reactive ketones (excluding diaryl/α,β-unsaturated/α-hetero) is 1. The van der Waals surface area contributed by atoms with Gasteiger partial charge in [-0.05, 0) is 31.9 Å². The van der Waals surface area contributed by atoms with Crippen molar-refractivity contribution in [3.63, 3.8) is 0 Å². The molecule has 1 atom stereocenters. The zero-order valence-corrected chi connectivity index (χ0v) is 11.0. The first kappa shape index (κ1) is 13.9. The third kappa shape index (κ3) is 3.65. The van der Waals surface area contributed by atoms with Crippen LogP contribution < -0.4 is 5.73 Å². The predicted octanol–water partition coefficient (Wildman–Crippen LogP) is 2.16. The number of ether oxygens (including phenoxy) is 1. The lowest BCUT2D eigenvalue weighted by Gasteiger charge is -2.13. The quantitative estimate of drug-likeness (QED) is 0.796. The summed E-state index contributed by atoms with van der Waals surface area (Å²) in [7, 11) is 1.59. The summed E-state index contributed by atoms with van der Waals surface area (Å²) in [4.78, 5) is 12.1. The maximum absolute atomic E-state index is 12.1. The molecule has 1 rings (SSSR count). The lowest BCUT2D eigenvalue weighted by molar-refractivity contribution is 0.0948. The highest BCUT2D eigenvalue weighted by Crippen LogP contribution is 2.18. The van der Waals surface area contributed by atoms with Crippen LogP contribution in [0.1, 0.15) is 33.5 Å². The Morgan fingerprint density at radius 2 is 1.82 bits per heavy atom. The molecule has 0 saturated heterocycles. The average molecular weight is 235 g/mol. The Bertz CT molecular complexity index is 390. The standard InChI is InChI=1S/C14H21NO2/c1-9-5-10(2)14(11(3)6-9)13(16)7-12(15)8-17-4/h5-6,12H,7-8,15H2,1-4H3. The van der Waals surface area contributed by atoms with Crippen LogP contribution in [0, 0.1) is 20.8 Å². The van der Waals surface area contributed by atoms with E-state index >= 15 is 0 Å². The van der Waals surface area contributed by atoms with Gasteiger partial charge in [0, 0.05) is 25.1 Å². The Kier molecular flexibility index (Phi) is 4.85. The fourth-order valence-corrected chi connectivity index (χ4v) is 2.23. The number of hydrogen-bond donors (Lipinski definition) is 1. The minimum Gasteiger partial charge on any atom is -0.383 e. The molecule has 3 nitrogen and oxygen atoms in total. The highest BCUT2D eigenvalue weighted by Gasteiger charge is 2.16. The summed E-state index contributed by atoms with van der Waals surface area (Å²) < 4.78 is 4.94. The first-order valence-electron chi connectivity index (χ1n) is 5.81. The van der Waals surface area contributed by atoms with Crippen LogP contribution in [-0.2, 0) is 4.74 Å². The molecule has 94 valence electrons. The van der Waals surface area contributed by atoms with Crippen LogP contribution in [0.5, 0.6) is 0 Å². The number of carbonyl (C=O) groups is 1. The molecule has 0 aromatic heterocycles. The maximum atomic E-state index is 12.1. The van der Waals surface area contributed by atoms with Crippen LogP contribution >= 0.6 is 0 Å². The molecule has 0 saturated carbocycles. The second-order valence-corrected chi connectivity index (χ2v) is 4.62. The van der Waals surface area contributed by atoms with E-state index in [2.05, 4.69) is 0 Å². The topological polar surface area (TPSA) is 52.3 Å². The molecule has 0 radical (unpaired) electrons. The SMILES string of the molecule is COCC(N)CC(=O)c1c(C)cc(C)cc1C. The fourth-order valence-electron chi connectivity index (χ4n) is 2.23. The monoisotopic (exact) mass is 235 g/mol. The number of ketones is 1. The van der Waals surface area contributed by atoms with Crippen LogP contribution in [0.4, 0.5) is 0 Å². The van der Waals surface area contributed by atoms with E-state index in [0.29, 0.717) is 13.0 Å². The number of benzene rings is 1. The van der Waals surface area contributed by atoms with Crippen molar-refractivity contribution in [1.82, 2.24) is 0 Å². The van der Waals surface area contributed by atoms with Crippen LogP contribution in [0.3, 0.4) is 0 Å². The second kappa shape index (κ2) is 5.94. The van der Waals surface area contributed by atoms with Crippen molar-refractivity contribution in [3.05, 3.63) is 34.4 Å². The number of methoxy groups -OCH3 is 1. The molecule has 1 aromatic rings. The Labute approximate surface area is 103 Å². The smallest absolute Gasteiger partial charge is 0.165 e. The molecule has 0 amide bonds. The molecule has 0 aliphatic heterocycles. The third-order valence-electron chi connectivity index (χ3n) is 2.78. The van der Waals surface area contributed by atoms with E-state index in [1.165, 1.54) is 5.56 Å². The molecular weight excluding hydrogens is 214 g/mol. The number of hydrogen-bond acceptors (Lipinski definition) is 3. The predicted molar refractivity (Wildman–Crippen MR) is 69.5 cm³/mol. The minimum absolute atomic E-state index is 0.101. The van der Waals surface area contributed by atoms with Gasteiger partial charge in [-0.3, -0.25) is 4.79 Å². The van der Waals surface area contributed by atoms with Crippen molar-refractivity contribution in [3.8, 4) is 0 Å². The molecule has 0 aliphatic rings. The van der Waals surface area contributed by atoms with Gasteiger partial charge in [0.2, 0.25) is 0 Å².